The third kappa shape index (κ3) is 3.18. The molecule has 1 aliphatic rings. The van der Waals surface area contributed by atoms with E-state index in [2.05, 4.69) is 20.8 Å². The van der Waals surface area contributed by atoms with Gasteiger partial charge in [-0.2, -0.15) is 4.68 Å². The lowest BCUT2D eigenvalue weighted by atomic mass is 9.91. The maximum absolute atomic E-state index is 13.5. The molecule has 1 atom stereocenters. The van der Waals surface area contributed by atoms with Crippen LogP contribution in [0.2, 0.25) is 0 Å². The van der Waals surface area contributed by atoms with E-state index >= 15 is 0 Å². The number of hydrogen-bond acceptors (Lipinski definition) is 10. The number of fused-ring (bicyclic) bond motifs is 1. The molecule has 0 saturated heterocycles. The zero-order valence-corrected chi connectivity index (χ0v) is 17.1. The van der Waals surface area contributed by atoms with Crippen molar-refractivity contribution >= 4 is 29.0 Å². The molecule has 0 unspecified atom stereocenters. The molecule has 0 bridgehead atoms. The first-order chi connectivity index (χ1) is 14.6. The fourth-order valence-corrected chi connectivity index (χ4v) is 3.94. The number of methoxy groups -OCH3 is 3. The molecule has 0 aliphatic carbocycles. The number of ether oxygens (including phenoxy) is 3. The van der Waals surface area contributed by atoms with Crippen LogP contribution in [-0.4, -0.2) is 53.3 Å². The van der Waals surface area contributed by atoms with Crippen molar-refractivity contribution in [1.29, 1.82) is 0 Å². The second-order valence-corrected chi connectivity index (χ2v) is 7.12. The minimum absolute atomic E-state index is 0.0158. The third-order valence-corrected chi connectivity index (χ3v) is 5.49. The van der Waals surface area contributed by atoms with Crippen molar-refractivity contribution in [2.45, 2.75) is 6.04 Å². The summed E-state index contributed by atoms with van der Waals surface area (Å²) in [6.07, 6.45) is 0. The van der Waals surface area contributed by atoms with Crippen molar-refractivity contribution in [3.63, 3.8) is 0 Å². The zero-order chi connectivity index (χ0) is 21.3. The number of thiophene rings is 1. The second-order valence-electron chi connectivity index (χ2n) is 6.18. The van der Waals surface area contributed by atoms with E-state index in [0.717, 1.165) is 0 Å². The van der Waals surface area contributed by atoms with E-state index in [1.165, 1.54) is 37.3 Å². The molecule has 1 aliphatic heterocycles. The highest BCUT2D eigenvalue weighted by molar-refractivity contribution is 7.12. The van der Waals surface area contributed by atoms with Crippen LogP contribution < -0.4 is 14.8 Å². The van der Waals surface area contributed by atoms with E-state index in [-0.39, 0.29) is 23.0 Å². The van der Waals surface area contributed by atoms with Gasteiger partial charge in [0, 0.05) is 0 Å². The lowest BCUT2D eigenvalue weighted by Crippen LogP contribution is -2.32. The molecular formula is C19H17N5O5S. The molecule has 3 aromatic rings. The molecule has 3 heterocycles. The number of allylic oxidation sites excluding steroid dienone is 1. The summed E-state index contributed by atoms with van der Waals surface area (Å²) >= 11 is 1.27. The molecule has 30 heavy (non-hydrogen) atoms. The predicted octanol–water partition coefficient (Wildman–Crippen LogP) is 2.08. The summed E-state index contributed by atoms with van der Waals surface area (Å²) in [5, 5.41) is 16.3. The van der Waals surface area contributed by atoms with E-state index in [1.54, 1.807) is 35.7 Å². The van der Waals surface area contributed by atoms with Crippen molar-refractivity contribution in [2.24, 2.45) is 0 Å². The van der Waals surface area contributed by atoms with Crippen molar-refractivity contribution in [2.75, 3.05) is 26.6 Å². The zero-order valence-electron chi connectivity index (χ0n) is 16.3. The standard InChI is InChI=1S/C19H17N5O5S/c1-27-11-7-6-10(9-12(11)28-2)16-14(17(25)13-5-4-8-30-13)15(18(26)29-3)20-19-21-22-23-24(16)19/h4-9,16H,1-3H3,(H,20,21,23)/t16-/m0/s1. The van der Waals surface area contributed by atoms with Crippen molar-refractivity contribution in [3.05, 3.63) is 57.4 Å². The van der Waals surface area contributed by atoms with Crippen LogP contribution in [0.3, 0.4) is 0 Å². The van der Waals surface area contributed by atoms with E-state index < -0.39 is 12.0 Å². The molecule has 0 fully saturated rings. The molecule has 0 spiro atoms. The summed E-state index contributed by atoms with van der Waals surface area (Å²) in [5.41, 5.74) is 0.776. The number of carbonyl (C=O) groups is 2. The Kier molecular flexibility index (Phi) is 5.19. The SMILES string of the molecule is COC(=O)C1=C(C(=O)c2cccs2)[C@H](c2ccc(OC)c(OC)c2)n2nnnc2N1. The first-order valence-corrected chi connectivity index (χ1v) is 9.64. The molecule has 2 aromatic heterocycles. The summed E-state index contributed by atoms with van der Waals surface area (Å²) in [6, 6.07) is 7.86. The Morgan fingerprint density at radius 2 is 1.93 bits per heavy atom. The summed E-state index contributed by atoms with van der Waals surface area (Å²) < 4.78 is 17.1. The number of carbonyl (C=O) groups excluding carboxylic acids is 2. The Labute approximate surface area is 175 Å². The minimum Gasteiger partial charge on any atom is -0.493 e. The van der Waals surface area contributed by atoms with Crippen LogP contribution >= 0.6 is 11.3 Å². The number of anilines is 1. The van der Waals surface area contributed by atoms with Crippen LogP contribution in [-0.2, 0) is 9.53 Å². The van der Waals surface area contributed by atoms with Crippen LogP contribution in [0.25, 0.3) is 0 Å². The summed E-state index contributed by atoms with van der Waals surface area (Å²) in [5.74, 6) is 0.160. The molecule has 10 nitrogen and oxygen atoms in total. The fraction of sp³-hybridized carbons (Fsp3) is 0.211. The molecule has 1 aromatic carbocycles. The topological polar surface area (TPSA) is 117 Å². The number of Topliss-reactive ketones (excluding diaryl/α,β-unsaturated/α-hetero) is 1. The maximum Gasteiger partial charge on any atom is 0.355 e. The van der Waals surface area contributed by atoms with E-state index in [0.29, 0.717) is 21.9 Å². The molecule has 0 amide bonds. The van der Waals surface area contributed by atoms with E-state index in [9.17, 15) is 9.59 Å². The predicted molar refractivity (Wildman–Crippen MR) is 107 cm³/mol. The normalized spacial score (nSPS) is 15.2. The molecule has 4 rings (SSSR count). The molecule has 0 radical (unpaired) electrons. The summed E-state index contributed by atoms with van der Waals surface area (Å²) in [6.45, 7) is 0. The Morgan fingerprint density at radius 1 is 1.13 bits per heavy atom. The van der Waals surface area contributed by atoms with Gasteiger partial charge in [0.15, 0.2) is 11.5 Å². The number of hydrogen-bond donors (Lipinski definition) is 1. The number of tetrazole rings is 1. The first kappa shape index (κ1) is 19.6. The molecular weight excluding hydrogens is 410 g/mol. The quantitative estimate of drug-likeness (QED) is 0.466. The number of nitrogens with zero attached hydrogens (tertiary/aromatic N) is 4. The number of rotatable bonds is 6. The van der Waals surface area contributed by atoms with Gasteiger partial charge in [0.25, 0.3) is 0 Å². The maximum atomic E-state index is 13.5. The lowest BCUT2D eigenvalue weighted by Gasteiger charge is -2.28. The van der Waals surface area contributed by atoms with Gasteiger partial charge in [-0.05, 0) is 39.6 Å². The van der Waals surface area contributed by atoms with Crippen molar-refractivity contribution in [3.8, 4) is 11.5 Å². The monoisotopic (exact) mass is 427 g/mol. The van der Waals surface area contributed by atoms with E-state index in [4.69, 9.17) is 14.2 Å². The highest BCUT2D eigenvalue weighted by Gasteiger charge is 2.39. The van der Waals surface area contributed by atoms with E-state index in [1.807, 2.05) is 0 Å². The third-order valence-electron chi connectivity index (χ3n) is 4.62. The lowest BCUT2D eigenvalue weighted by molar-refractivity contribution is -0.136. The van der Waals surface area contributed by atoms with Gasteiger partial charge in [-0.3, -0.25) is 4.79 Å². The Balaban J connectivity index is 1.96. The van der Waals surface area contributed by atoms with Gasteiger partial charge in [-0.1, -0.05) is 17.2 Å². The Bertz CT molecular complexity index is 1140. The molecule has 0 saturated carbocycles. The summed E-state index contributed by atoms with van der Waals surface area (Å²) in [7, 11) is 4.29. The number of ketones is 1. The first-order valence-electron chi connectivity index (χ1n) is 8.76. The van der Waals surface area contributed by atoms with Crippen LogP contribution in [0.5, 0.6) is 11.5 Å². The van der Waals surface area contributed by atoms with Gasteiger partial charge < -0.3 is 19.5 Å². The van der Waals surface area contributed by atoms with Crippen LogP contribution in [0, 0.1) is 0 Å². The summed E-state index contributed by atoms with van der Waals surface area (Å²) in [4.78, 5) is 26.5. The molecule has 1 N–H and O–H groups in total. The average Bonchev–Trinajstić information content (AvgIpc) is 3.48. The Hall–Kier alpha value is -3.73. The highest BCUT2D eigenvalue weighted by Crippen LogP contribution is 2.40. The van der Waals surface area contributed by atoms with Crippen molar-refractivity contribution < 1.29 is 23.8 Å². The minimum atomic E-state index is -0.792. The van der Waals surface area contributed by atoms with Gasteiger partial charge in [-0.25, -0.2) is 4.79 Å². The number of benzene rings is 1. The molecule has 11 heteroatoms. The van der Waals surface area contributed by atoms with Gasteiger partial charge in [0.1, 0.15) is 11.7 Å². The van der Waals surface area contributed by atoms with Gasteiger partial charge in [-0.15, -0.1) is 11.3 Å². The average molecular weight is 427 g/mol. The number of aromatic nitrogens is 4. The van der Waals surface area contributed by atoms with Crippen LogP contribution in [0.4, 0.5) is 5.95 Å². The Morgan fingerprint density at radius 3 is 2.60 bits per heavy atom. The second kappa shape index (κ2) is 7.95. The number of esters is 1. The van der Waals surface area contributed by atoms with Gasteiger partial charge in [0.2, 0.25) is 11.7 Å². The number of nitrogens with one attached hydrogen (secondary N) is 1. The molecule has 154 valence electrons. The fourth-order valence-electron chi connectivity index (χ4n) is 3.26. The van der Waals surface area contributed by atoms with Gasteiger partial charge in [0.05, 0.1) is 31.8 Å². The van der Waals surface area contributed by atoms with Crippen molar-refractivity contribution in [1.82, 2.24) is 20.2 Å². The largest absolute Gasteiger partial charge is 0.493 e. The van der Waals surface area contributed by atoms with Gasteiger partial charge >= 0.3 is 5.97 Å². The van der Waals surface area contributed by atoms with Crippen LogP contribution in [0.1, 0.15) is 21.3 Å². The smallest absolute Gasteiger partial charge is 0.355 e. The van der Waals surface area contributed by atoms with Crippen LogP contribution in [0.15, 0.2) is 47.0 Å². The highest BCUT2D eigenvalue weighted by atomic mass is 32.1.